The van der Waals surface area contributed by atoms with Crippen LogP contribution in [0.2, 0.25) is 0 Å². The largest absolute Gasteiger partial charge is 0.324 e. The van der Waals surface area contributed by atoms with E-state index in [0.29, 0.717) is 24.3 Å². The van der Waals surface area contributed by atoms with Crippen molar-refractivity contribution in [3.05, 3.63) is 23.8 Å². The van der Waals surface area contributed by atoms with Crippen LogP contribution in [0.3, 0.4) is 0 Å². The first-order valence-electron chi connectivity index (χ1n) is 6.83. The molecule has 0 aromatic heterocycles. The molecule has 0 spiro atoms. The van der Waals surface area contributed by atoms with E-state index < -0.39 is 15.6 Å². The first kappa shape index (κ1) is 15.8. The molecule has 1 heterocycles. The number of carbonyl (C=O) groups is 1. The molecule has 1 aliphatic rings. The average Bonchev–Trinajstić information content (AvgIpc) is 2.70. The Bertz CT molecular complexity index is 663. The highest BCUT2D eigenvalue weighted by atomic mass is 32.2. The fraction of sp³-hybridized carbons (Fsp3) is 0.500. The summed E-state index contributed by atoms with van der Waals surface area (Å²) in [6, 6.07) is 5.22. The van der Waals surface area contributed by atoms with Gasteiger partial charge in [-0.1, -0.05) is 6.07 Å². The SMILES string of the molecule is Cc1ccc(NC(=O)C(C)(C)N)cc1N1CCCS1(=O)=O. The van der Waals surface area contributed by atoms with Crippen molar-refractivity contribution in [1.82, 2.24) is 0 Å². The van der Waals surface area contributed by atoms with Crippen molar-refractivity contribution in [3.63, 3.8) is 0 Å². The number of rotatable bonds is 3. The van der Waals surface area contributed by atoms with Gasteiger partial charge in [0.25, 0.3) is 0 Å². The summed E-state index contributed by atoms with van der Waals surface area (Å²) in [7, 11) is -3.24. The van der Waals surface area contributed by atoms with Gasteiger partial charge < -0.3 is 11.1 Å². The van der Waals surface area contributed by atoms with Crippen LogP contribution in [0.15, 0.2) is 18.2 Å². The average molecular weight is 311 g/mol. The maximum Gasteiger partial charge on any atom is 0.243 e. The molecule has 2 rings (SSSR count). The van der Waals surface area contributed by atoms with Crippen LogP contribution in [0.25, 0.3) is 0 Å². The smallest absolute Gasteiger partial charge is 0.243 e. The highest BCUT2D eigenvalue weighted by Crippen LogP contribution is 2.30. The zero-order chi connectivity index (χ0) is 15.8. The summed E-state index contributed by atoms with van der Waals surface area (Å²) in [6.45, 7) is 5.55. The Balaban J connectivity index is 2.32. The van der Waals surface area contributed by atoms with Crippen LogP contribution >= 0.6 is 0 Å². The van der Waals surface area contributed by atoms with Crippen LogP contribution in [0, 0.1) is 6.92 Å². The van der Waals surface area contributed by atoms with Gasteiger partial charge in [0.1, 0.15) is 0 Å². The lowest BCUT2D eigenvalue weighted by Gasteiger charge is -2.22. The minimum Gasteiger partial charge on any atom is -0.324 e. The fourth-order valence-electron chi connectivity index (χ4n) is 2.16. The molecule has 6 nitrogen and oxygen atoms in total. The summed E-state index contributed by atoms with van der Waals surface area (Å²) in [5, 5.41) is 2.71. The molecule has 1 aliphatic heterocycles. The quantitative estimate of drug-likeness (QED) is 0.877. The Labute approximate surface area is 125 Å². The van der Waals surface area contributed by atoms with Crippen molar-refractivity contribution in [2.75, 3.05) is 21.9 Å². The molecule has 0 radical (unpaired) electrons. The summed E-state index contributed by atoms with van der Waals surface area (Å²) in [5.74, 6) is -0.152. The van der Waals surface area contributed by atoms with Gasteiger partial charge in [-0.25, -0.2) is 8.42 Å². The van der Waals surface area contributed by atoms with Crippen LogP contribution in [-0.4, -0.2) is 32.2 Å². The molecule has 0 aliphatic carbocycles. The number of sulfonamides is 1. The Kier molecular flexibility index (Phi) is 3.99. The highest BCUT2D eigenvalue weighted by molar-refractivity contribution is 7.93. The summed E-state index contributed by atoms with van der Waals surface area (Å²) in [6.07, 6.45) is 0.619. The van der Waals surface area contributed by atoms with Gasteiger partial charge in [-0.2, -0.15) is 0 Å². The number of amides is 1. The lowest BCUT2D eigenvalue weighted by molar-refractivity contribution is -0.120. The minimum atomic E-state index is -3.24. The molecule has 0 atom stereocenters. The number of benzene rings is 1. The third-order valence-corrected chi connectivity index (χ3v) is 5.28. The predicted octanol–water partition coefficient (Wildman–Crippen LogP) is 1.21. The van der Waals surface area contributed by atoms with Gasteiger partial charge in [0.2, 0.25) is 15.9 Å². The van der Waals surface area contributed by atoms with E-state index in [4.69, 9.17) is 5.73 Å². The van der Waals surface area contributed by atoms with Gasteiger partial charge in [-0.15, -0.1) is 0 Å². The Morgan fingerprint density at radius 2 is 2.05 bits per heavy atom. The standard InChI is InChI=1S/C14H21N3O3S/c1-10-5-6-11(16-13(18)14(2,3)15)9-12(10)17-7-4-8-21(17,19)20/h5-6,9H,4,7-8,15H2,1-3H3,(H,16,18). The molecule has 1 aromatic rings. The topological polar surface area (TPSA) is 92.5 Å². The van der Waals surface area contributed by atoms with Crippen LogP contribution in [0.1, 0.15) is 25.8 Å². The van der Waals surface area contributed by atoms with E-state index >= 15 is 0 Å². The minimum absolute atomic E-state index is 0.166. The third kappa shape index (κ3) is 3.36. The van der Waals surface area contributed by atoms with Gasteiger partial charge in [0.05, 0.1) is 17.0 Å². The van der Waals surface area contributed by atoms with Gasteiger partial charge in [-0.05, 0) is 44.9 Å². The zero-order valence-electron chi connectivity index (χ0n) is 12.5. The Morgan fingerprint density at radius 3 is 2.57 bits per heavy atom. The molecule has 7 heteroatoms. The molecule has 1 amide bonds. The molecular weight excluding hydrogens is 290 g/mol. The number of carbonyl (C=O) groups excluding carboxylic acids is 1. The number of anilines is 2. The first-order chi connectivity index (χ1) is 9.61. The second-order valence-electron chi connectivity index (χ2n) is 5.92. The van der Waals surface area contributed by atoms with Crippen molar-refractivity contribution < 1.29 is 13.2 Å². The van der Waals surface area contributed by atoms with Crippen molar-refractivity contribution in [2.45, 2.75) is 32.7 Å². The molecule has 1 fully saturated rings. The Morgan fingerprint density at radius 1 is 1.38 bits per heavy atom. The Hall–Kier alpha value is -1.60. The van der Waals surface area contributed by atoms with Crippen molar-refractivity contribution >= 4 is 27.3 Å². The van der Waals surface area contributed by atoms with Crippen LogP contribution in [-0.2, 0) is 14.8 Å². The summed E-state index contributed by atoms with van der Waals surface area (Å²) >= 11 is 0. The normalized spacial score (nSPS) is 17.8. The molecule has 1 aromatic carbocycles. The predicted molar refractivity (Wildman–Crippen MR) is 83.8 cm³/mol. The van der Waals surface area contributed by atoms with Gasteiger partial charge in [0, 0.05) is 12.2 Å². The van der Waals surface area contributed by atoms with E-state index in [0.717, 1.165) is 5.56 Å². The number of hydrogen-bond acceptors (Lipinski definition) is 4. The van der Waals surface area contributed by atoms with Gasteiger partial charge in [0.15, 0.2) is 0 Å². The lowest BCUT2D eigenvalue weighted by Crippen LogP contribution is -2.45. The van der Waals surface area contributed by atoms with E-state index in [9.17, 15) is 13.2 Å². The second-order valence-corrected chi connectivity index (χ2v) is 7.93. The third-order valence-electron chi connectivity index (χ3n) is 3.42. The highest BCUT2D eigenvalue weighted by Gasteiger charge is 2.30. The molecule has 3 N–H and O–H groups in total. The molecule has 1 saturated heterocycles. The molecule has 0 unspecified atom stereocenters. The molecular formula is C14H21N3O3S. The first-order valence-corrected chi connectivity index (χ1v) is 8.43. The number of nitrogens with zero attached hydrogens (tertiary/aromatic N) is 1. The monoisotopic (exact) mass is 311 g/mol. The summed E-state index contributed by atoms with van der Waals surface area (Å²) in [5.41, 5.74) is 6.75. The van der Waals surface area contributed by atoms with E-state index in [1.54, 1.807) is 32.0 Å². The molecule has 116 valence electrons. The lowest BCUT2D eigenvalue weighted by atomic mass is 10.1. The summed E-state index contributed by atoms with van der Waals surface area (Å²) in [4.78, 5) is 11.9. The molecule has 21 heavy (non-hydrogen) atoms. The maximum atomic E-state index is 12.0. The fourth-order valence-corrected chi connectivity index (χ4v) is 3.78. The van der Waals surface area contributed by atoms with Gasteiger partial charge >= 0.3 is 0 Å². The van der Waals surface area contributed by atoms with Crippen LogP contribution in [0.5, 0.6) is 0 Å². The molecule has 0 bridgehead atoms. The van der Waals surface area contributed by atoms with E-state index in [-0.39, 0.29) is 11.7 Å². The second kappa shape index (κ2) is 5.31. The number of aryl methyl sites for hydroxylation is 1. The molecule has 0 saturated carbocycles. The summed E-state index contributed by atoms with van der Waals surface area (Å²) < 4.78 is 25.5. The number of hydrogen-bond donors (Lipinski definition) is 2. The number of nitrogens with two attached hydrogens (primary N) is 1. The maximum absolute atomic E-state index is 12.0. The van der Waals surface area contributed by atoms with Crippen LogP contribution in [0.4, 0.5) is 11.4 Å². The number of nitrogens with one attached hydrogen (secondary N) is 1. The van der Waals surface area contributed by atoms with E-state index in [2.05, 4.69) is 5.32 Å². The van der Waals surface area contributed by atoms with E-state index in [1.807, 2.05) is 6.92 Å². The van der Waals surface area contributed by atoms with E-state index in [1.165, 1.54) is 4.31 Å². The van der Waals surface area contributed by atoms with Crippen molar-refractivity contribution in [2.24, 2.45) is 5.73 Å². The van der Waals surface area contributed by atoms with Gasteiger partial charge in [-0.3, -0.25) is 9.10 Å². The van der Waals surface area contributed by atoms with Crippen molar-refractivity contribution in [1.29, 1.82) is 0 Å². The zero-order valence-corrected chi connectivity index (χ0v) is 13.3. The van der Waals surface area contributed by atoms with Crippen LogP contribution < -0.4 is 15.4 Å². The van der Waals surface area contributed by atoms with Crippen molar-refractivity contribution in [3.8, 4) is 0 Å².